The second kappa shape index (κ2) is 6.39. The van der Waals surface area contributed by atoms with Gasteiger partial charge in [0.25, 0.3) is 5.91 Å². The third-order valence-electron chi connectivity index (χ3n) is 4.42. The van der Waals surface area contributed by atoms with Crippen LogP contribution in [0.1, 0.15) is 40.5 Å². The number of nitrogens with one attached hydrogen (secondary N) is 1. The average molecular weight is 334 g/mol. The molecule has 0 bridgehead atoms. The molecule has 0 spiro atoms. The zero-order valence-corrected chi connectivity index (χ0v) is 13.6. The minimum atomic E-state index is -0.261. The Morgan fingerprint density at radius 2 is 2.08 bits per heavy atom. The molecule has 2 aromatic heterocycles. The van der Waals surface area contributed by atoms with Crippen molar-refractivity contribution in [1.29, 1.82) is 0 Å². The quantitative estimate of drug-likeness (QED) is 0.767. The molecule has 0 saturated carbocycles. The van der Waals surface area contributed by atoms with Gasteiger partial charge >= 0.3 is 0 Å². The third kappa shape index (κ3) is 3.10. The number of furan rings is 1. The molecule has 1 amide bonds. The van der Waals surface area contributed by atoms with E-state index < -0.39 is 0 Å². The van der Waals surface area contributed by atoms with Crippen LogP contribution in [0.25, 0.3) is 11.5 Å². The number of nitrogen functional groups attached to an aromatic ring is 1. The van der Waals surface area contributed by atoms with E-state index in [1.807, 2.05) is 12.1 Å². The summed E-state index contributed by atoms with van der Waals surface area (Å²) >= 11 is 0. The standard InChI is InChI=1S/C19H18N4O2/c20-19-22-15(17-9-4-10-25-17)11-16(23-19)18(24)21-14-8-3-6-12-5-1-2-7-13(12)14/h1-2,4-5,7,9-11,14H,3,6,8H2,(H,21,24)(H2,20,22,23)/t14-/m1/s1. The second-order valence-corrected chi connectivity index (χ2v) is 6.09. The molecule has 3 N–H and O–H groups in total. The van der Waals surface area contributed by atoms with Gasteiger partial charge in [-0.05, 0) is 48.6 Å². The molecule has 0 aliphatic heterocycles. The highest BCUT2D eigenvalue weighted by Gasteiger charge is 2.23. The van der Waals surface area contributed by atoms with E-state index >= 15 is 0 Å². The number of nitrogens with zero attached hydrogens (tertiary/aromatic N) is 2. The fraction of sp³-hybridized carbons (Fsp3) is 0.211. The third-order valence-corrected chi connectivity index (χ3v) is 4.42. The summed E-state index contributed by atoms with van der Waals surface area (Å²) in [6.45, 7) is 0. The monoisotopic (exact) mass is 334 g/mol. The Balaban J connectivity index is 1.60. The molecule has 0 unspecified atom stereocenters. The van der Waals surface area contributed by atoms with Crippen molar-refractivity contribution in [3.8, 4) is 11.5 Å². The maximum absolute atomic E-state index is 12.7. The molecule has 1 aromatic carbocycles. The van der Waals surface area contributed by atoms with Gasteiger partial charge in [-0.25, -0.2) is 9.97 Å². The topological polar surface area (TPSA) is 94.0 Å². The van der Waals surface area contributed by atoms with E-state index in [1.54, 1.807) is 24.5 Å². The smallest absolute Gasteiger partial charge is 0.270 e. The fourth-order valence-electron chi connectivity index (χ4n) is 3.27. The van der Waals surface area contributed by atoms with Gasteiger partial charge in [0, 0.05) is 0 Å². The minimum Gasteiger partial charge on any atom is -0.463 e. The number of benzene rings is 1. The Bertz CT molecular complexity index is 906. The lowest BCUT2D eigenvalue weighted by Crippen LogP contribution is -2.31. The largest absolute Gasteiger partial charge is 0.463 e. The number of carbonyl (C=O) groups is 1. The summed E-state index contributed by atoms with van der Waals surface area (Å²) in [5, 5.41) is 3.08. The number of hydrogen-bond acceptors (Lipinski definition) is 5. The lowest BCUT2D eigenvalue weighted by molar-refractivity contribution is 0.0927. The van der Waals surface area contributed by atoms with Crippen LogP contribution in [0.3, 0.4) is 0 Å². The van der Waals surface area contributed by atoms with Gasteiger partial charge in [-0.15, -0.1) is 0 Å². The van der Waals surface area contributed by atoms with Gasteiger partial charge in [-0.1, -0.05) is 24.3 Å². The van der Waals surface area contributed by atoms with E-state index in [4.69, 9.17) is 10.2 Å². The Hall–Kier alpha value is -3.15. The first-order chi connectivity index (χ1) is 12.2. The molecule has 2 heterocycles. The van der Waals surface area contributed by atoms with Crippen molar-refractivity contribution in [2.45, 2.75) is 25.3 Å². The van der Waals surface area contributed by atoms with E-state index in [0.717, 1.165) is 19.3 Å². The van der Waals surface area contributed by atoms with Crippen LogP contribution in [0, 0.1) is 0 Å². The molecule has 0 saturated heterocycles. The van der Waals surface area contributed by atoms with Gasteiger partial charge in [0.05, 0.1) is 12.3 Å². The molecule has 4 rings (SSSR count). The summed E-state index contributed by atoms with van der Waals surface area (Å²) in [6, 6.07) is 13.3. The molecular formula is C19H18N4O2. The average Bonchev–Trinajstić information content (AvgIpc) is 3.16. The number of fused-ring (bicyclic) bond motifs is 1. The summed E-state index contributed by atoms with van der Waals surface area (Å²) in [6.07, 6.45) is 4.55. The SMILES string of the molecule is Nc1nc(C(=O)N[C@@H]2CCCc3ccccc32)cc(-c2ccco2)n1. The number of aromatic nitrogens is 2. The van der Waals surface area contributed by atoms with Gasteiger partial charge in [0.1, 0.15) is 11.4 Å². The lowest BCUT2D eigenvalue weighted by atomic mass is 9.87. The molecule has 25 heavy (non-hydrogen) atoms. The van der Waals surface area contributed by atoms with Gasteiger partial charge in [-0.3, -0.25) is 4.79 Å². The summed E-state index contributed by atoms with van der Waals surface area (Å²) in [5.41, 5.74) is 8.97. The first kappa shape index (κ1) is 15.4. The molecule has 1 aliphatic rings. The highest BCUT2D eigenvalue weighted by molar-refractivity contribution is 5.93. The first-order valence-electron chi connectivity index (χ1n) is 8.28. The lowest BCUT2D eigenvalue weighted by Gasteiger charge is -2.26. The van der Waals surface area contributed by atoms with Crippen LogP contribution >= 0.6 is 0 Å². The highest BCUT2D eigenvalue weighted by atomic mass is 16.3. The van der Waals surface area contributed by atoms with Crippen LogP contribution in [0.4, 0.5) is 5.95 Å². The number of carbonyl (C=O) groups excluding carboxylic acids is 1. The second-order valence-electron chi connectivity index (χ2n) is 6.09. The molecule has 1 atom stereocenters. The predicted octanol–water partition coefficient (Wildman–Crippen LogP) is 3.13. The maximum Gasteiger partial charge on any atom is 0.270 e. The fourth-order valence-corrected chi connectivity index (χ4v) is 3.27. The van der Waals surface area contributed by atoms with Crippen molar-refractivity contribution in [1.82, 2.24) is 15.3 Å². The van der Waals surface area contributed by atoms with Crippen molar-refractivity contribution in [3.05, 3.63) is 65.5 Å². The van der Waals surface area contributed by atoms with E-state index in [1.165, 1.54) is 11.1 Å². The van der Waals surface area contributed by atoms with Gasteiger partial charge < -0.3 is 15.5 Å². The Morgan fingerprint density at radius 1 is 1.20 bits per heavy atom. The molecule has 6 nitrogen and oxygen atoms in total. The normalized spacial score (nSPS) is 16.2. The molecular weight excluding hydrogens is 316 g/mol. The van der Waals surface area contributed by atoms with Crippen molar-refractivity contribution in [3.63, 3.8) is 0 Å². The zero-order valence-electron chi connectivity index (χ0n) is 13.6. The van der Waals surface area contributed by atoms with Crippen LogP contribution in [-0.2, 0) is 6.42 Å². The Morgan fingerprint density at radius 3 is 2.92 bits per heavy atom. The molecule has 0 radical (unpaired) electrons. The summed E-state index contributed by atoms with van der Waals surface area (Å²) in [7, 11) is 0. The molecule has 3 aromatic rings. The first-order valence-corrected chi connectivity index (χ1v) is 8.28. The van der Waals surface area contributed by atoms with Crippen molar-refractivity contribution >= 4 is 11.9 Å². The van der Waals surface area contributed by atoms with Crippen LogP contribution < -0.4 is 11.1 Å². The Kier molecular flexibility index (Phi) is 3.93. The summed E-state index contributed by atoms with van der Waals surface area (Å²) < 4.78 is 5.33. The van der Waals surface area contributed by atoms with Crippen molar-refractivity contribution in [2.24, 2.45) is 0 Å². The van der Waals surface area contributed by atoms with Gasteiger partial charge in [-0.2, -0.15) is 0 Å². The van der Waals surface area contributed by atoms with E-state index in [0.29, 0.717) is 11.5 Å². The van der Waals surface area contributed by atoms with Crippen LogP contribution in [0.15, 0.2) is 53.1 Å². The van der Waals surface area contributed by atoms with E-state index in [-0.39, 0.29) is 23.6 Å². The molecule has 1 aliphatic carbocycles. The molecule has 126 valence electrons. The van der Waals surface area contributed by atoms with E-state index in [9.17, 15) is 4.79 Å². The number of rotatable bonds is 3. The van der Waals surface area contributed by atoms with Crippen molar-refractivity contribution in [2.75, 3.05) is 5.73 Å². The predicted molar refractivity (Wildman–Crippen MR) is 93.7 cm³/mol. The van der Waals surface area contributed by atoms with Gasteiger partial charge in [0.15, 0.2) is 5.76 Å². The van der Waals surface area contributed by atoms with E-state index in [2.05, 4.69) is 27.4 Å². The number of amides is 1. The summed E-state index contributed by atoms with van der Waals surface area (Å²) in [4.78, 5) is 20.9. The molecule has 6 heteroatoms. The number of nitrogens with two attached hydrogens (primary N) is 1. The van der Waals surface area contributed by atoms with Crippen LogP contribution in [0.2, 0.25) is 0 Å². The zero-order chi connectivity index (χ0) is 17.2. The van der Waals surface area contributed by atoms with Crippen LogP contribution in [-0.4, -0.2) is 15.9 Å². The Labute approximate surface area is 145 Å². The maximum atomic E-state index is 12.7. The molecule has 0 fully saturated rings. The number of anilines is 1. The number of aryl methyl sites for hydroxylation is 1. The summed E-state index contributed by atoms with van der Waals surface area (Å²) in [5.74, 6) is 0.331. The number of hydrogen-bond donors (Lipinski definition) is 2. The van der Waals surface area contributed by atoms with Crippen LogP contribution in [0.5, 0.6) is 0 Å². The highest BCUT2D eigenvalue weighted by Crippen LogP contribution is 2.29. The minimum absolute atomic E-state index is 0.0132. The van der Waals surface area contributed by atoms with Crippen molar-refractivity contribution < 1.29 is 9.21 Å². The van der Waals surface area contributed by atoms with Gasteiger partial charge in [0.2, 0.25) is 5.95 Å².